The van der Waals surface area contributed by atoms with Gasteiger partial charge in [0.15, 0.2) is 0 Å². The molecule has 0 fully saturated rings. The van der Waals surface area contributed by atoms with Crippen LogP contribution in [0.25, 0.3) is 0 Å². The summed E-state index contributed by atoms with van der Waals surface area (Å²) in [5.74, 6) is 0.0421. The first kappa shape index (κ1) is 14.4. The van der Waals surface area contributed by atoms with E-state index in [1.165, 1.54) is 7.11 Å². The van der Waals surface area contributed by atoms with Crippen molar-refractivity contribution >= 4 is 21.6 Å². The Labute approximate surface area is 106 Å². The van der Waals surface area contributed by atoms with Gasteiger partial charge in [0.2, 0.25) is 10.0 Å². The molecular formula is C9H16ClN3O3S. The zero-order valence-corrected chi connectivity index (χ0v) is 11.5. The van der Waals surface area contributed by atoms with Crippen molar-refractivity contribution in [2.75, 3.05) is 13.7 Å². The van der Waals surface area contributed by atoms with E-state index in [4.69, 9.17) is 16.3 Å². The minimum atomic E-state index is -3.60. The highest BCUT2D eigenvalue weighted by Gasteiger charge is 2.23. The van der Waals surface area contributed by atoms with Gasteiger partial charge < -0.3 is 4.74 Å². The second-order valence-corrected chi connectivity index (χ2v) is 5.63. The summed E-state index contributed by atoms with van der Waals surface area (Å²) in [6.45, 7) is 3.61. The van der Waals surface area contributed by atoms with E-state index in [1.54, 1.807) is 13.8 Å². The molecule has 1 unspecified atom stereocenters. The molecule has 2 N–H and O–H groups in total. The Morgan fingerprint density at radius 2 is 2.24 bits per heavy atom. The fourth-order valence-electron chi connectivity index (χ4n) is 1.30. The topological polar surface area (TPSA) is 84.1 Å². The molecule has 0 aromatic carbocycles. The van der Waals surface area contributed by atoms with E-state index >= 15 is 0 Å². The largest absolute Gasteiger partial charge is 0.380 e. The summed E-state index contributed by atoms with van der Waals surface area (Å²) < 4.78 is 31.5. The van der Waals surface area contributed by atoms with Crippen molar-refractivity contribution in [3.63, 3.8) is 0 Å². The van der Waals surface area contributed by atoms with Crippen molar-refractivity contribution in [2.45, 2.75) is 30.7 Å². The van der Waals surface area contributed by atoms with Gasteiger partial charge in [0.1, 0.15) is 4.90 Å². The molecular weight excluding hydrogens is 266 g/mol. The highest BCUT2D eigenvalue weighted by molar-refractivity contribution is 7.89. The molecule has 0 aliphatic carbocycles. The second-order valence-electron chi connectivity index (χ2n) is 3.66. The second kappa shape index (κ2) is 5.81. The number of hydrogen-bond donors (Lipinski definition) is 2. The maximum absolute atomic E-state index is 12.0. The predicted molar refractivity (Wildman–Crippen MR) is 64.5 cm³/mol. The van der Waals surface area contributed by atoms with Gasteiger partial charge in [0.05, 0.1) is 23.4 Å². The molecule has 0 spiro atoms. The molecule has 0 saturated heterocycles. The monoisotopic (exact) mass is 281 g/mol. The molecule has 1 rings (SSSR count). The summed E-state index contributed by atoms with van der Waals surface area (Å²) in [5, 5.41) is 6.45. The minimum Gasteiger partial charge on any atom is -0.380 e. The van der Waals surface area contributed by atoms with Gasteiger partial charge in [-0.05, 0) is 13.8 Å². The summed E-state index contributed by atoms with van der Waals surface area (Å²) in [6.07, 6.45) is -0.198. The third kappa shape index (κ3) is 3.41. The molecule has 98 valence electrons. The number of aryl methyl sites for hydroxylation is 1. The van der Waals surface area contributed by atoms with Gasteiger partial charge in [-0.3, -0.25) is 5.10 Å². The summed E-state index contributed by atoms with van der Waals surface area (Å²) in [5.41, 5.74) is 0.792. The molecule has 1 aromatic rings. The number of rotatable bonds is 6. The number of sulfonamides is 1. The van der Waals surface area contributed by atoms with Gasteiger partial charge >= 0.3 is 0 Å². The first-order valence-corrected chi connectivity index (χ1v) is 7.06. The number of aromatic amines is 1. The lowest BCUT2D eigenvalue weighted by Crippen LogP contribution is -2.32. The number of H-pyrrole nitrogens is 1. The molecule has 0 aliphatic rings. The van der Waals surface area contributed by atoms with Crippen LogP contribution in [0.3, 0.4) is 0 Å². The van der Waals surface area contributed by atoms with E-state index in [2.05, 4.69) is 14.9 Å². The minimum absolute atomic E-state index is 0.0421. The number of nitrogens with one attached hydrogen (secondary N) is 2. The highest BCUT2D eigenvalue weighted by Crippen LogP contribution is 2.18. The standard InChI is InChI=1S/C9H16ClN3O3S/c1-6(16-3)5-11-17(14,15)9-7(2)12-13-8(9)4-10/h6,11H,4-5H2,1-3H3,(H,12,13). The maximum Gasteiger partial charge on any atom is 0.244 e. The van der Waals surface area contributed by atoms with Gasteiger partial charge in [0, 0.05) is 13.7 Å². The van der Waals surface area contributed by atoms with Crippen molar-refractivity contribution < 1.29 is 13.2 Å². The van der Waals surface area contributed by atoms with Gasteiger partial charge in [-0.1, -0.05) is 0 Å². The van der Waals surface area contributed by atoms with Gasteiger partial charge in [0.25, 0.3) is 0 Å². The average Bonchev–Trinajstić information content (AvgIpc) is 2.68. The van der Waals surface area contributed by atoms with Crippen LogP contribution in [0.15, 0.2) is 4.90 Å². The van der Waals surface area contributed by atoms with Crippen molar-refractivity contribution in [2.24, 2.45) is 0 Å². The predicted octanol–water partition coefficient (Wildman–Crippen LogP) is 0.770. The molecule has 17 heavy (non-hydrogen) atoms. The summed E-state index contributed by atoms with van der Waals surface area (Å²) >= 11 is 5.64. The van der Waals surface area contributed by atoms with Gasteiger partial charge in [-0.25, -0.2) is 13.1 Å². The van der Waals surface area contributed by atoms with Crippen LogP contribution in [-0.2, 0) is 20.6 Å². The zero-order chi connectivity index (χ0) is 13.1. The number of aromatic nitrogens is 2. The van der Waals surface area contributed by atoms with E-state index in [9.17, 15) is 8.42 Å². The first-order valence-electron chi connectivity index (χ1n) is 5.04. The Morgan fingerprint density at radius 1 is 1.59 bits per heavy atom. The molecule has 0 saturated carbocycles. The zero-order valence-electron chi connectivity index (χ0n) is 9.95. The normalized spacial score (nSPS) is 13.9. The SMILES string of the molecule is COC(C)CNS(=O)(=O)c1c(CCl)n[nH]c1C. The molecule has 0 aliphatic heterocycles. The van der Waals surface area contributed by atoms with Crippen LogP contribution in [0.2, 0.25) is 0 Å². The van der Waals surface area contributed by atoms with Crippen molar-refractivity contribution in [3.8, 4) is 0 Å². The summed E-state index contributed by atoms with van der Waals surface area (Å²) in [6, 6.07) is 0. The fourth-order valence-corrected chi connectivity index (χ4v) is 3.05. The third-order valence-corrected chi connectivity index (χ3v) is 4.20. The lowest BCUT2D eigenvalue weighted by Gasteiger charge is -2.11. The van der Waals surface area contributed by atoms with Crippen LogP contribution in [-0.4, -0.2) is 38.4 Å². The van der Waals surface area contributed by atoms with E-state index in [-0.39, 0.29) is 23.4 Å². The molecule has 8 heteroatoms. The van der Waals surface area contributed by atoms with Crippen molar-refractivity contribution in [1.29, 1.82) is 0 Å². The van der Waals surface area contributed by atoms with Crippen LogP contribution in [0.5, 0.6) is 0 Å². The van der Waals surface area contributed by atoms with Crippen molar-refractivity contribution in [1.82, 2.24) is 14.9 Å². The van der Waals surface area contributed by atoms with Gasteiger partial charge in [-0.15, -0.1) is 11.6 Å². The van der Waals surface area contributed by atoms with Crippen LogP contribution < -0.4 is 4.72 Å². The Morgan fingerprint density at radius 3 is 2.76 bits per heavy atom. The molecule has 0 bridgehead atoms. The lowest BCUT2D eigenvalue weighted by atomic mass is 10.4. The molecule has 1 aromatic heterocycles. The summed E-state index contributed by atoms with van der Waals surface area (Å²) in [7, 11) is -2.08. The van der Waals surface area contributed by atoms with Crippen LogP contribution >= 0.6 is 11.6 Å². The van der Waals surface area contributed by atoms with E-state index < -0.39 is 10.0 Å². The molecule has 6 nitrogen and oxygen atoms in total. The molecule has 1 atom stereocenters. The van der Waals surface area contributed by atoms with E-state index in [0.29, 0.717) is 11.4 Å². The van der Waals surface area contributed by atoms with Gasteiger partial charge in [-0.2, -0.15) is 5.10 Å². The Balaban J connectivity index is 2.93. The number of nitrogens with zero attached hydrogens (tertiary/aromatic N) is 1. The lowest BCUT2D eigenvalue weighted by molar-refractivity contribution is 0.122. The Kier molecular flexibility index (Phi) is 4.93. The van der Waals surface area contributed by atoms with E-state index in [1.807, 2.05) is 0 Å². The fraction of sp³-hybridized carbons (Fsp3) is 0.667. The first-order chi connectivity index (χ1) is 7.92. The molecule has 0 radical (unpaired) electrons. The number of methoxy groups -OCH3 is 1. The number of halogens is 1. The number of hydrogen-bond acceptors (Lipinski definition) is 4. The third-order valence-electron chi connectivity index (χ3n) is 2.32. The number of alkyl halides is 1. The highest BCUT2D eigenvalue weighted by atomic mass is 35.5. The smallest absolute Gasteiger partial charge is 0.244 e. The maximum atomic E-state index is 12.0. The Bertz CT molecular complexity index is 472. The Hall–Kier alpha value is -0.630. The molecule has 1 heterocycles. The average molecular weight is 282 g/mol. The summed E-state index contributed by atoms with van der Waals surface area (Å²) in [4.78, 5) is 0.121. The molecule has 0 amide bonds. The van der Waals surface area contributed by atoms with Crippen LogP contribution in [0.1, 0.15) is 18.3 Å². The van der Waals surface area contributed by atoms with Crippen LogP contribution in [0, 0.1) is 6.92 Å². The van der Waals surface area contributed by atoms with Crippen LogP contribution in [0.4, 0.5) is 0 Å². The quantitative estimate of drug-likeness (QED) is 0.755. The van der Waals surface area contributed by atoms with Crippen molar-refractivity contribution in [3.05, 3.63) is 11.4 Å². The number of ether oxygens (including phenoxy) is 1. The van der Waals surface area contributed by atoms with E-state index in [0.717, 1.165) is 0 Å².